The van der Waals surface area contributed by atoms with Crippen molar-refractivity contribution in [3.05, 3.63) is 277 Å². The minimum atomic E-state index is -0.0672. The molecule has 1 aliphatic rings. The topological polar surface area (TPSA) is 40.6 Å². The van der Waals surface area contributed by atoms with Crippen LogP contribution in [0.2, 0.25) is 0 Å². The molecule has 312 valence electrons. The lowest BCUT2D eigenvalue weighted by atomic mass is 9.79. The zero-order chi connectivity index (χ0) is 44.4. The van der Waals surface area contributed by atoms with Crippen molar-refractivity contribution in [1.29, 1.82) is 0 Å². The maximum Gasteiger partial charge on any atom is 0.193 e. The molecule has 4 nitrogen and oxygen atoms in total. The lowest BCUT2D eigenvalue weighted by Gasteiger charge is -2.30. The Morgan fingerprint density at radius 1 is 0.212 bits per heavy atom. The quantitative estimate of drug-likeness (QED) is 0.129. The van der Waals surface area contributed by atoms with Crippen molar-refractivity contribution in [1.82, 2.24) is 0 Å². The molecule has 4 heteroatoms. The summed E-state index contributed by atoms with van der Waals surface area (Å²) < 4.78 is 0. The first-order chi connectivity index (χ1) is 32.6. The fourth-order valence-corrected chi connectivity index (χ4v) is 9.26. The number of hydrogen-bond acceptors (Lipinski definition) is 4. The second kappa shape index (κ2) is 17.4. The third-order valence-electron chi connectivity index (χ3n) is 12.4. The van der Waals surface area contributed by atoms with E-state index in [2.05, 4.69) is 155 Å². The summed E-state index contributed by atoms with van der Waals surface area (Å²) in [7, 11) is 0. The van der Waals surface area contributed by atoms with E-state index in [0.717, 1.165) is 78.6 Å². The highest BCUT2D eigenvalue weighted by molar-refractivity contribution is 6.14. The number of anilines is 6. The van der Waals surface area contributed by atoms with Crippen molar-refractivity contribution in [2.75, 3.05) is 9.80 Å². The Bertz CT molecular complexity index is 3070. The van der Waals surface area contributed by atoms with Gasteiger partial charge in [0, 0.05) is 56.4 Å². The van der Waals surface area contributed by atoms with Gasteiger partial charge in [0.1, 0.15) is 0 Å². The third-order valence-corrected chi connectivity index (χ3v) is 12.4. The monoisotopic (exact) mass is 846 g/mol. The average Bonchev–Trinajstić information content (AvgIpc) is 3.39. The van der Waals surface area contributed by atoms with Gasteiger partial charge in [-0.2, -0.15) is 0 Å². The van der Waals surface area contributed by atoms with Gasteiger partial charge in [0.25, 0.3) is 0 Å². The minimum Gasteiger partial charge on any atom is -0.310 e. The van der Waals surface area contributed by atoms with Crippen LogP contribution in [0, 0.1) is 0 Å². The largest absolute Gasteiger partial charge is 0.310 e. The number of rotatable bonds is 10. The highest BCUT2D eigenvalue weighted by Gasteiger charge is 2.27. The van der Waals surface area contributed by atoms with E-state index >= 15 is 0 Å². The van der Waals surface area contributed by atoms with Crippen molar-refractivity contribution >= 4 is 45.7 Å². The standard InChI is InChI=1S/C62H42N2O2/c65-61(43-19-7-1-8-20-43)45-31-35-53-55-37-33-51(63(47-23-11-3-12-24-47)48-25-13-4-14-26-48)41-59(55)60-42-52(64(49-27-15-5-16-28-49)50-29-17-6-18-30-50)34-38-56(60)54-36-32-46(40-58(54)57(53)39-45)62(66)44-21-9-2-10-22-44/h1-42H. The van der Waals surface area contributed by atoms with Crippen molar-refractivity contribution in [2.45, 2.75) is 0 Å². The van der Waals surface area contributed by atoms with Gasteiger partial charge in [-0.25, -0.2) is 0 Å². The second-order valence-electron chi connectivity index (χ2n) is 16.4. The van der Waals surface area contributed by atoms with E-state index in [-0.39, 0.29) is 11.6 Å². The van der Waals surface area contributed by atoms with E-state index in [9.17, 15) is 9.59 Å². The molecule has 0 amide bonds. The Labute approximate surface area is 385 Å². The van der Waals surface area contributed by atoms with Gasteiger partial charge in [-0.3, -0.25) is 9.59 Å². The summed E-state index contributed by atoms with van der Waals surface area (Å²) in [6.07, 6.45) is 0. The number of para-hydroxylation sites is 4. The Hall–Kier alpha value is -8.86. The van der Waals surface area contributed by atoms with Gasteiger partial charge in [-0.1, -0.05) is 170 Å². The molecule has 10 aromatic rings. The summed E-state index contributed by atoms with van der Waals surface area (Å²) >= 11 is 0. The molecular formula is C62H42N2O2. The number of hydrogen-bond donors (Lipinski definition) is 0. The van der Waals surface area contributed by atoms with E-state index in [4.69, 9.17) is 0 Å². The first kappa shape index (κ1) is 40.0. The molecular weight excluding hydrogens is 805 g/mol. The first-order valence-corrected chi connectivity index (χ1v) is 22.2. The normalized spacial score (nSPS) is 11.2. The Kier molecular flexibility index (Phi) is 10.5. The first-order valence-electron chi connectivity index (χ1n) is 22.2. The van der Waals surface area contributed by atoms with Gasteiger partial charge in [0.15, 0.2) is 11.6 Å². The zero-order valence-corrected chi connectivity index (χ0v) is 36.0. The maximum absolute atomic E-state index is 14.3. The van der Waals surface area contributed by atoms with Crippen LogP contribution >= 0.6 is 0 Å². The van der Waals surface area contributed by atoms with Gasteiger partial charge in [-0.05, 0) is 129 Å². The van der Waals surface area contributed by atoms with Crippen LogP contribution in [0.25, 0.3) is 44.5 Å². The molecule has 0 heterocycles. The highest BCUT2D eigenvalue weighted by Crippen LogP contribution is 2.52. The lowest BCUT2D eigenvalue weighted by Crippen LogP contribution is -2.11. The van der Waals surface area contributed by atoms with Crippen LogP contribution in [0.15, 0.2) is 255 Å². The molecule has 0 atom stereocenters. The maximum atomic E-state index is 14.3. The molecule has 0 unspecified atom stereocenters. The molecule has 0 N–H and O–H groups in total. The molecule has 0 saturated carbocycles. The predicted molar refractivity (Wildman–Crippen MR) is 271 cm³/mol. The Balaban J connectivity index is 1.21. The van der Waals surface area contributed by atoms with Gasteiger partial charge < -0.3 is 9.80 Å². The molecule has 66 heavy (non-hydrogen) atoms. The average molecular weight is 847 g/mol. The number of benzene rings is 10. The fraction of sp³-hybridized carbons (Fsp3) is 0. The van der Waals surface area contributed by atoms with Crippen molar-refractivity contribution in [2.24, 2.45) is 0 Å². The number of nitrogens with zero attached hydrogens (tertiary/aromatic N) is 2. The van der Waals surface area contributed by atoms with Crippen LogP contribution in [-0.4, -0.2) is 11.6 Å². The summed E-state index contributed by atoms with van der Waals surface area (Å²) in [6, 6.07) is 86.1. The second-order valence-corrected chi connectivity index (χ2v) is 16.4. The number of carbonyl (C=O) groups excluding carboxylic acids is 2. The zero-order valence-electron chi connectivity index (χ0n) is 36.0. The van der Waals surface area contributed by atoms with E-state index < -0.39 is 0 Å². The summed E-state index contributed by atoms with van der Waals surface area (Å²) in [5.41, 5.74) is 16.2. The number of ketones is 2. The van der Waals surface area contributed by atoms with Gasteiger partial charge in [0.2, 0.25) is 0 Å². The molecule has 0 aromatic heterocycles. The van der Waals surface area contributed by atoms with Crippen LogP contribution in [0.5, 0.6) is 0 Å². The molecule has 0 bridgehead atoms. The summed E-state index contributed by atoms with van der Waals surface area (Å²) in [6.45, 7) is 0. The van der Waals surface area contributed by atoms with Crippen molar-refractivity contribution < 1.29 is 9.59 Å². The molecule has 11 rings (SSSR count). The van der Waals surface area contributed by atoms with E-state index in [0.29, 0.717) is 22.3 Å². The van der Waals surface area contributed by atoms with Crippen LogP contribution in [-0.2, 0) is 0 Å². The lowest BCUT2D eigenvalue weighted by molar-refractivity contribution is 0.103. The van der Waals surface area contributed by atoms with Gasteiger partial charge >= 0.3 is 0 Å². The smallest absolute Gasteiger partial charge is 0.193 e. The molecule has 0 radical (unpaired) electrons. The highest BCUT2D eigenvalue weighted by atomic mass is 16.1. The molecule has 0 spiro atoms. The van der Waals surface area contributed by atoms with Gasteiger partial charge in [0.05, 0.1) is 0 Å². The van der Waals surface area contributed by atoms with Gasteiger partial charge in [-0.15, -0.1) is 0 Å². The molecule has 0 saturated heterocycles. The minimum absolute atomic E-state index is 0.0672. The SMILES string of the molecule is O=C(c1ccccc1)c1ccc2c(c1)-c1cc(C(=O)c3ccccc3)ccc1-c1ccc(N(c3ccccc3)c3ccccc3)cc1-c1cc(N(c3ccccc3)c3ccccc3)ccc1-2. The summed E-state index contributed by atoms with van der Waals surface area (Å²) in [5, 5.41) is 0. The predicted octanol–water partition coefficient (Wildman–Crippen LogP) is 16.1. The van der Waals surface area contributed by atoms with Crippen molar-refractivity contribution in [3.8, 4) is 44.5 Å². The molecule has 10 aromatic carbocycles. The molecule has 0 fully saturated rings. The summed E-state index contributed by atoms with van der Waals surface area (Å²) in [4.78, 5) is 33.1. The van der Waals surface area contributed by atoms with Crippen LogP contribution in [0.3, 0.4) is 0 Å². The fourth-order valence-electron chi connectivity index (χ4n) is 9.26. The van der Waals surface area contributed by atoms with E-state index in [1.165, 1.54) is 0 Å². The Morgan fingerprint density at radius 3 is 0.773 bits per heavy atom. The third kappa shape index (κ3) is 7.47. The number of fused-ring (bicyclic) bond motifs is 8. The molecule has 0 aliphatic heterocycles. The van der Waals surface area contributed by atoms with Crippen LogP contribution < -0.4 is 9.80 Å². The summed E-state index contributed by atoms with van der Waals surface area (Å²) in [5.74, 6) is -0.134. The van der Waals surface area contributed by atoms with Crippen LogP contribution in [0.4, 0.5) is 34.1 Å². The molecule has 1 aliphatic carbocycles. The van der Waals surface area contributed by atoms with E-state index in [1.54, 1.807) is 0 Å². The Morgan fingerprint density at radius 2 is 0.470 bits per heavy atom. The van der Waals surface area contributed by atoms with Crippen molar-refractivity contribution in [3.63, 3.8) is 0 Å². The van der Waals surface area contributed by atoms with Crippen LogP contribution in [0.1, 0.15) is 31.8 Å². The van der Waals surface area contributed by atoms with E-state index in [1.807, 2.05) is 109 Å². The number of carbonyl (C=O) groups is 2.